The van der Waals surface area contributed by atoms with E-state index < -0.39 is 0 Å². The molecule has 15 heavy (non-hydrogen) atoms. The normalized spacial score (nSPS) is 13.2. The summed E-state index contributed by atoms with van der Waals surface area (Å²) >= 11 is 0. The van der Waals surface area contributed by atoms with E-state index in [4.69, 9.17) is 5.73 Å². The first-order valence-corrected chi connectivity index (χ1v) is 5.29. The van der Waals surface area contributed by atoms with Crippen LogP contribution in [0.2, 0.25) is 0 Å². The van der Waals surface area contributed by atoms with Gasteiger partial charge in [0.1, 0.15) is 5.52 Å². The highest BCUT2D eigenvalue weighted by atomic mass is 15.2. The second-order valence-electron chi connectivity index (χ2n) is 3.94. The zero-order valence-electron chi connectivity index (χ0n) is 9.14. The number of hydrogen-bond donors (Lipinski definition) is 1. The molecular formula is C11H16N4. The van der Waals surface area contributed by atoms with Gasteiger partial charge in [-0.25, -0.2) is 9.97 Å². The number of aromatic nitrogens is 3. The van der Waals surface area contributed by atoms with Crippen LogP contribution < -0.4 is 5.73 Å². The monoisotopic (exact) mass is 204 g/mol. The van der Waals surface area contributed by atoms with E-state index in [-0.39, 0.29) is 0 Å². The highest BCUT2D eigenvalue weighted by Crippen LogP contribution is 2.17. The number of anilines is 1. The van der Waals surface area contributed by atoms with Gasteiger partial charge in [0, 0.05) is 12.7 Å². The minimum Gasteiger partial charge on any atom is -0.369 e. The topological polar surface area (TPSA) is 56.7 Å². The summed E-state index contributed by atoms with van der Waals surface area (Å²) in [5.74, 6) is 1.15. The molecule has 0 amide bonds. The molecule has 0 aromatic carbocycles. The zero-order valence-corrected chi connectivity index (χ0v) is 9.14. The molecule has 0 radical (unpaired) electrons. The minimum atomic E-state index is 0.559. The largest absolute Gasteiger partial charge is 0.369 e. The van der Waals surface area contributed by atoms with Crippen molar-refractivity contribution in [2.75, 3.05) is 5.73 Å². The number of imidazole rings is 1. The Labute approximate surface area is 89.1 Å². The average Bonchev–Trinajstić information content (AvgIpc) is 2.55. The Balaban J connectivity index is 2.45. The molecule has 4 heteroatoms. The van der Waals surface area contributed by atoms with Crippen molar-refractivity contribution in [1.29, 1.82) is 0 Å². The fourth-order valence-electron chi connectivity index (χ4n) is 1.60. The quantitative estimate of drug-likeness (QED) is 0.832. The average molecular weight is 204 g/mol. The zero-order chi connectivity index (χ0) is 10.8. The summed E-state index contributed by atoms with van der Waals surface area (Å²) in [5, 5.41) is 0. The Bertz CT molecular complexity index is 461. The Morgan fingerprint density at radius 2 is 2.33 bits per heavy atom. The third kappa shape index (κ3) is 1.79. The molecule has 0 aliphatic heterocycles. The molecule has 1 atom stereocenters. The summed E-state index contributed by atoms with van der Waals surface area (Å²) < 4.78 is 1.99. The van der Waals surface area contributed by atoms with Gasteiger partial charge < -0.3 is 5.73 Å². The van der Waals surface area contributed by atoms with E-state index in [0.29, 0.717) is 11.9 Å². The van der Waals surface area contributed by atoms with E-state index in [0.717, 1.165) is 24.1 Å². The van der Waals surface area contributed by atoms with Gasteiger partial charge in [0.15, 0.2) is 5.65 Å². The Hall–Kier alpha value is -1.58. The molecule has 4 nitrogen and oxygen atoms in total. The number of nitrogen functional groups attached to an aromatic ring is 1. The van der Waals surface area contributed by atoms with Crippen molar-refractivity contribution in [2.45, 2.75) is 26.8 Å². The van der Waals surface area contributed by atoms with E-state index in [1.807, 2.05) is 16.7 Å². The molecule has 2 aromatic heterocycles. The lowest BCUT2D eigenvalue weighted by molar-refractivity contribution is 0.478. The SMILES string of the molecule is CCC(C)Cn1c(N)nc2cccnc21. The molecule has 0 spiro atoms. The van der Waals surface area contributed by atoms with Gasteiger partial charge in [0.25, 0.3) is 0 Å². The summed E-state index contributed by atoms with van der Waals surface area (Å²) in [5.41, 5.74) is 7.63. The summed E-state index contributed by atoms with van der Waals surface area (Å²) in [6.07, 6.45) is 2.91. The van der Waals surface area contributed by atoms with Crippen LogP contribution in [0.25, 0.3) is 11.2 Å². The van der Waals surface area contributed by atoms with Gasteiger partial charge in [0.05, 0.1) is 0 Å². The highest BCUT2D eigenvalue weighted by Gasteiger charge is 2.10. The van der Waals surface area contributed by atoms with Crippen molar-refractivity contribution < 1.29 is 0 Å². The van der Waals surface area contributed by atoms with Crippen molar-refractivity contribution in [3.63, 3.8) is 0 Å². The first-order valence-electron chi connectivity index (χ1n) is 5.29. The van der Waals surface area contributed by atoms with Crippen molar-refractivity contribution in [2.24, 2.45) is 5.92 Å². The van der Waals surface area contributed by atoms with Crippen LogP contribution in [-0.4, -0.2) is 14.5 Å². The maximum atomic E-state index is 5.87. The Morgan fingerprint density at radius 1 is 1.53 bits per heavy atom. The lowest BCUT2D eigenvalue weighted by atomic mass is 10.1. The number of pyridine rings is 1. The predicted octanol–water partition coefficient (Wildman–Crippen LogP) is 2.06. The number of nitrogens with zero attached hydrogens (tertiary/aromatic N) is 3. The van der Waals surface area contributed by atoms with Gasteiger partial charge >= 0.3 is 0 Å². The van der Waals surface area contributed by atoms with Crippen molar-refractivity contribution in [3.8, 4) is 0 Å². The predicted molar refractivity (Wildman–Crippen MR) is 61.4 cm³/mol. The molecule has 0 fully saturated rings. The molecule has 0 aliphatic rings. The highest BCUT2D eigenvalue weighted by molar-refractivity contribution is 5.73. The van der Waals surface area contributed by atoms with Crippen LogP contribution in [0.1, 0.15) is 20.3 Å². The van der Waals surface area contributed by atoms with Crippen LogP contribution in [0, 0.1) is 5.92 Å². The third-order valence-electron chi connectivity index (χ3n) is 2.72. The van der Waals surface area contributed by atoms with Crippen LogP contribution in [0.4, 0.5) is 5.95 Å². The maximum Gasteiger partial charge on any atom is 0.202 e. The minimum absolute atomic E-state index is 0.559. The van der Waals surface area contributed by atoms with E-state index >= 15 is 0 Å². The lowest BCUT2D eigenvalue weighted by Gasteiger charge is -2.10. The van der Waals surface area contributed by atoms with Crippen molar-refractivity contribution in [1.82, 2.24) is 14.5 Å². The molecule has 0 bridgehead atoms. The molecule has 2 N–H and O–H groups in total. The summed E-state index contributed by atoms with van der Waals surface area (Å²) in [4.78, 5) is 8.59. The molecule has 1 unspecified atom stereocenters. The first kappa shape index (κ1) is 9.96. The van der Waals surface area contributed by atoms with Crippen LogP contribution in [0.5, 0.6) is 0 Å². The molecule has 0 saturated carbocycles. The van der Waals surface area contributed by atoms with Crippen LogP contribution in [0.3, 0.4) is 0 Å². The van der Waals surface area contributed by atoms with Crippen molar-refractivity contribution in [3.05, 3.63) is 18.3 Å². The smallest absolute Gasteiger partial charge is 0.202 e. The number of rotatable bonds is 3. The van der Waals surface area contributed by atoms with Gasteiger partial charge in [0.2, 0.25) is 5.95 Å². The van der Waals surface area contributed by atoms with E-state index in [1.54, 1.807) is 6.20 Å². The lowest BCUT2D eigenvalue weighted by Crippen LogP contribution is -2.10. The summed E-state index contributed by atoms with van der Waals surface area (Å²) in [6.45, 7) is 5.26. The van der Waals surface area contributed by atoms with Crippen LogP contribution in [-0.2, 0) is 6.54 Å². The number of hydrogen-bond acceptors (Lipinski definition) is 3. The first-order chi connectivity index (χ1) is 7.22. The van der Waals surface area contributed by atoms with Gasteiger partial charge in [-0.1, -0.05) is 20.3 Å². The van der Waals surface area contributed by atoms with Gasteiger partial charge in [-0.3, -0.25) is 4.57 Å². The Kier molecular flexibility index (Phi) is 2.58. The van der Waals surface area contributed by atoms with Crippen molar-refractivity contribution >= 4 is 17.1 Å². The molecule has 2 heterocycles. The number of fused-ring (bicyclic) bond motifs is 1. The number of nitrogens with two attached hydrogens (primary N) is 1. The molecule has 2 aromatic rings. The van der Waals surface area contributed by atoms with E-state index in [1.165, 1.54) is 0 Å². The van der Waals surface area contributed by atoms with E-state index in [2.05, 4.69) is 23.8 Å². The molecule has 0 aliphatic carbocycles. The standard InChI is InChI=1S/C11H16N4/c1-3-8(2)7-15-10-9(14-11(15)12)5-4-6-13-10/h4-6,8H,3,7H2,1-2H3,(H2,12,14). The second kappa shape index (κ2) is 3.88. The molecule has 80 valence electrons. The second-order valence-corrected chi connectivity index (χ2v) is 3.94. The molecule has 2 rings (SSSR count). The molecular weight excluding hydrogens is 188 g/mol. The molecule has 0 saturated heterocycles. The van der Waals surface area contributed by atoms with Crippen LogP contribution >= 0.6 is 0 Å². The third-order valence-corrected chi connectivity index (χ3v) is 2.72. The maximum absolute atomic E-state index is 5.87. The Morgan fingerprint density at radius 3 is 3.07 bits per heavy atom. The fourth-order valence-corrected chi connectivity index (χ4v) is 1.60. The fraction of sp³-hybridized carbons (Fsp3) is 0.455. The van der Waals surface area contributed by atoms with Gasteiger partial charge in [-0.05, 0) is 18.1 Å². The summed E-state index contributed by atoms with van der Waals surface area (Å²) in [6, 6.07) is 3.81. The van der Waals surface area contributed by atoms with Gasteiger partial charge in [-0.2, -0.15) is 0 Å². The summed E-state index contributed by atoms with van der Waals surface area (Å²) in [7, 11) is 0. The van der Waals surface area contributed by atoms with E-state index in [9.17, 15) is 0 Å². The van der Waals surface area contributed by atoms with Crippen LogP contribution in [0.15, 0.2) is 18.3 Å². The van der Waals surface area contributed by atoms with Gasteiger partial charge in [-0.15, -0.1) is 0 Å².